The quantitative estimate of drug-likeness (QED) is 0.337. The summed E-state index contributed by atoms with van der Waals surface area (Å²) in [5.74, 6) is 0.872. The summed E-state index contributed by atoms with van der Waals surface area (Å²) in [5.41, 5.74) is 13.0. The van der Waals surface area contributed by atoms with E-state index in [2.05, 4.69) is 41.2 Å². The van der Waals surface area contributed by atoms with Gasteiger partial charge in [0, 0.05) is 28.0 Å². The minimum Gasteiger partial charge on any atom is -0.496 e. The molecule has 0 saturated heterocycles. The lowest BCUT2D eigenvalue weighted by Crippen LogP contribution is -2.00. The zero-order chi connectivity index (χ0) is 20.9. The Bertz CT molecular complexity index is 1150. The molecule has 0 aliphatic heterocycles. The molecular formula is C26H31N3O. The first-order valence-electron chi connectivity index (χ1n) is 11.0. The molecule has 0 unspecified atom stereocenters. The Morgan fingerprint density at radius 2 is 1.83 bits per heavy atom. The largest absolute Gasteiger partial charge is 0.496 e. The summed E-state index contributed by atoms with van der Waals surface area (Å²) in [5, 5.41) is 2.43. The number of unbranched alkanes of at least 4 members (excludes halogenated alkanes) is 2. The second-order valence-corrected chi connectivity index (χ2v) is 7.88. The van der Waals surface area contributed by atoms with Crippen molar-refractivity contribution >= 4 is 21.8 Å². The number of nitrogens with zero attached hydrogens (tertiary/aromatic N) is 1. The molecule has 0 bridgehead atoms. The average molecular weight is 402 g/mol. The minimum absolute atomic E-state index is 0.723. The Kier molecular flexibility index (Phi) is 6.34. The Hall–Kier alpha value is -2.85. The Labute approximate surface area is 178 Å². The van der Waals surface area contributed by atoms with Gasteiger partial charge in [-0.1, -0.05) is 37.6 Å². The van der Waals surface area contributed by atoms with Crippen molar-refractivity contribution in [3.05, 3.63) is 59.8 Å². The normalized spacial score (nSPS) is 11.4. The summed E-state index contributed by atoms with van der Waals surface area (Å²) in [6, 6.07) is 14.9. The van der Waals surface area contributed by atoms with Gasteiger partial charge in [-0.3, -0.25) is 4.98 Å². The number of pyridine rings is 1. The highest BCUT2D eigenvalue weighted by Gasteiger charge is 2.20. The van der Waals surface area contributed by atoms with Gasteiger partial charge >= 0.3 is 0 Å². The van der Waals surface area contributed by atoms with Gasteiger partial charge in [0.1, 0.15) is 5.75 Å². The molecule has 2 aromatic heterocycles. The maximum Gasteiger partial charge on any atom is 0.128 e. The molecule has 0 spiro atoms. The van der Waals surface area contributed by atoms with Crippen LogP contribution < -0.4 is 10.5 Å². The van der Waals surface area contributed by atoms with Crippen molar-refractivity contribution in [3.63, 3.8) is 0 Å². The Morgan fingerprint density at radius 1 is 0.967 bits per heavy atom. The number of benzene rings is 2. The lowest BCUT2D eigenvalue weighted by Gasteiger charge is -2.13. The van der Waals surface area contributed by atoms with E-state index in [-0.39, 0.29) is 0 Å². The Morgan fingerprint density at radius 3 is 2.63 bits per heavy atom. The summed E-state index contributed by atoms with van der Waals surface area (Å²) in [4.78, 5) is 8.39. The number of para-hydroxylation sites is 1. The predicted octanol–water partition coefficient (Wildman–Crippen LogP) is 6.02. The highest BCUT2D eigenvalue weighted by molar-refractivity contribution is 6.02. The Balaban J connectivity index is 1.98. The predicted molar refractivity (Wildman–Crippen MR) is 126 cm³/mol. The number of methoxy groups -OCH3 is 1. The van der Waals surface area contributed by atoms with Crippen LogP contribution in [0, 0.1) is 0 Å². The third-order valence-corrected chi connectivity index (χ3v) is 5.92. The summed E-state index contributed by atoms with van der Waals surface area (Å²) in [6.45, 7) is 2.97. The van der Waals surface area contributed by atoms with Gasteiger partial charge in [0.15, 0.2) is 0 Å². The van der Waals surface area contributed by atoms with Gasteiger partial charge in [-0.05, 0) is 68.0 Å². The van der Waals surface area contributed by atoms with E-state index >= 15 is 0 Å². The smallest absolute Gasteiger partial charge is 0.128 e. The van der Waals surface area contributed by atoms with E-state index in [4.69, 9.17) is 10.5 Å². The number of aryl methyl sites for hydroxylation is 2. The van der Waals surface area contributed by atoms with Crippen LogP contribution in [0.15, 0.2) is 48.7 Å². The minimum atomic E-state index is 0.723. The summed E-state index contributed by atoms with van der Waals surface area (Å²) < 4.78 is 5.81. The number of ether oxygens (including phenoxy) is 1. The van der Waals surface area contributed by atoms with Crippen molar-refractivity contribution in [2.75, 3.05) is 13.7 Å². The fourth-order valence-corrected chi connectivity index (χ4v) is 4.39. The fourth-order valence-electron chi connectivity index (χ4n) is 4.39. The van der Waals surface area contributed by atoms with Crippen LogP contribution in [-0.4, -0.2) is 23.6 Å². The van der Waals surface area contributed by atoms with Crippen molar-refractivity contribution in [1.29, 1.82) is 0 Å². The highest BCUT2D eigenvalue weighted by atomic mass is 16.5. The van der Waals surface area contributed by atoms with Gasteiger partial charge < -0.3 is 15.5 Å². The molecule has 2 aromatic carbocycles. The summed E-state index contributed by atoms with van der Waals surface area (Å²) in [7, 11) is 1.74. The van der Waals surface area contributed by atoms with Crippen LogP contribution in [0.25, 0.3) is 33.1 Å². The van der Waals surface area contributed by atoms with E-state index in [9.17, 15) is 0 Å². The van der Waals surface area contributed by atoms with Gasteiger partial charge in [0.05, 0.1) is 18.3 Å². The first-order chi connectivity index (χ1) is 14.8. The molecule has 0 amide bonds. The zero-order valence-electron chi connectivity index (χ0n) is 18.0. The van der Waals surface area contributed by atoms with Gasteiger partial charge in [-0.25, -0.2) is 0 Å². The van der Waals surface area contributed by atoms with E-state index in [1.54, 1.807) is 7.11 Å². The van der Waals surface area contributed by atoms with Crippen molar-refractivity contribution in [2.45, 2.75) is 45.4 Å². The van der Waals surface area contributed by atoms with E-state index in [1.165, 1.54) is 34.9 Å². The van der Waals surface area contributed by atoms with E-state index < -0.39 is 0 Å². The monoisotopic (exact) mass is 401 g/mol. The third kappa shape index (κ3) is 3.80. The molecule has 2 heterocycles. The van der Waals surface area contributed by atoms with E-state index in [0.717, 1.165) is 60.1 Å². The summed E-state index contributed by atoms with van der Waals surface area (Å²) >= 11 is 0. The SMILES string of the molecule is CCCCc1cccc2c(CCCCN)c(-c3c(OC)ccc4ncccc34)[nH]c12. The highest BCUT2D eigenvalue weighted by Crippen LogP contribution is 2.41. The number of rotatable bonds is 9. The standard InChI is InChI=1S/C26H31N3O/c1-3-4-9-18-10-7-12-19-20(11-5-6-16-27)26(29-25(18)19)24-21-13-8-17-28-22(21)14-15-23(24)30-2/h7-8,10,12-15,17,29H,3-6,9,11,16,27H2,1-2H3. The number of aromatic nitrogens is 2. The molecule has 0 saturated carbocycles. The van der Waals surface area contributed by atoms with Crippen LogP contribution in [0.3, 0.4) is 0 Å². The second kappa shape index (κ2) is 9.31. The number of aromatic amines is 1. The molecule has 0 aliphatic carbocycles. The fraction of sp³-hybridized carbons (Fsp3) is 0.346. The van der Waals surface area contributed by atoms with Crippen LogP contribution in [0.4, 0.5) is 0 Å². The molecular weight excluding hydrogens is 370 g/mol. The number of H-pyrrole nitrogens is 1. The van der Waals surface area contributed by atoms with Crippen molar-refractivity contribution < 1.29 is 4.74 Å². The van der Waals surface area contributed by atoms with Gasteiger partial charge in [-0.15, -0.1) is 0 Å². The van der Waals surface area contributed by atoms with Crippen LogP contribution in [0.1, 0.15) is 43.7 Å². The maximum absolute atomic E-state index is 5.81. The molecule has 30 heavy (non-hydrogen) atoms. The lowest BCUT2D eigenvalue weighted by molar-refractivity contribution is 0.417. The second-order valence-electron chi connectivity index (χ2n) is 7.88. The van der Waals surface area contributed by atoms with Crippen LogP contribution >= 0.6 is 0 Å². The van der Waals surface area contributed by atoms with Crippen LogP contribution in [-0.2, 0) is 12.8 Å². The number of hydrogen-bond acceptors (Lipinski definition) is 3. The number of fused-ring (bicyclic) bond motifs is 2. The number of nitrogens with one attached hydrogen (secondary N) is 1. The number of hydrogen-bond donors (Lipinski definition) is 2. The molecule has 0 aliphatic rings. The first-order valence-corrected chi connectivity index (χ1v) is 11.0. The molecule has 0 radical (unpaired) electrons. The van der Waals surface area contributed by atoms with Gasteiger partial charge in [-0.2, -0.15) is 0 Å². The molecule has 0 fully saturated rings. The van der Waals surface area contributed by atoms with Crippen molar-refractivity contribution in [2.24, 2.45) is 5.73 Å². The molecule has 4 heteroatoms. The molecule has 0 atom stereocenters. The topological polar surface area (TPSA) is 63.9 Å². The molecule has 4 aromatic rings. The molecule has 4 rings (SSSR count). The van der Waals surface area contributed by atoms with Crippen molar-refractivity contribution in [1.82, 2.24) is 9.97 Å². The average Bonchev–Trinajstić information content (AvgIpc) is 3.15. The number of nitrogens with two attached hydrogens (primary N) is 1. The third-order valence-electron chi connectivity index (χ3n) is 5.92. The molecule has 3 N–H and O–H groups in total. The first kappa shape index (κ1) is 20.4. The molecule has 4 nitrogen and oxygen atoms in total. The van der Waals surface area contributed by atoms with Gasteiger partial charge in [0.2, 0.25) is 0 Å². The van der Waals surface area contributed by atoms with E-state index in [1.807, 2.05) is 24.4 Å². The van der Waals surface area contributed by atoms with E-state index in [0.29, 0.717) is 0 Å². The van der Waals surface area contributed by atoms with Crippen LogP contribution in [0.5, 0.6) is 5.75 Å². The summed E-state index contributed by atoms with van der Waals surface area (Å²) in [6.07, 6.45) is 8.40. The maximum atomic E-state index is 5.81. The molecule has 156 valence electrons. The van der Waals surface area contributed by atoms with Crippen molar-refractivity contribution in [3.8, 4) is 17.0 Å². The lowest BCUT2D eigenvalue weighted by atomic mass is 9.96. The van der Waals surface area contributed by atoms with Crippen LogP contribution in [0.2, 0.25) is 0 Å². The zero-order valence-corrected chi connectivity index (χ0v) is 18.0. The van der Waals surface area contributed by atoms with Gasteiger partial charge in [0.25, 0.3) is 0 Å².